The Labute approximate surface area is 307 Å². The van der Waals surface area contributed by atoms with Crippen molar-refractivity contribution in [1.82, 2.24) is 0 Å². The van der Waals surface area contributed by atoms with Crippen LogP contribution in [0.3, 0.4) is 0 Å². The Balaban J connectivity index is 1.30. The highest BCUT2D eigenvalue weighted by molar-refractivity contribution is 7.26. The van der Waals surface area contributed by atoms with Crippen LogP contribution in [-0.2, 0) is 0 Å². The first kappa shape index (κ1) is 30.4. The van der Waals surface area contributed by atoms with E-state index >= 15 is 0 Å². The Morgan fingerprint density at radius 3 is 1.60 bits per heavy atom. The van der Waals surface area contributed by atoms with Crippen LogP contribution in [0.15, 0.2) is 200 Å². The molecule has 1 heterocycles. The molecule has 52 heavy (non-hydrogen) atoms. The van der Waals surface area contributed by atoms with Gasteiger partial charge in [0.1, 0.15) is 0 Å². The van der Waals surface area contributed by atoms with E-state index in [0.717, 1.165) is 11.4 Å². The number of anilines is 3. The maximum absolute atomic E-state index is 2.52. The summed E-state index contributed by atoms with van der Waals surface area (Å²) in [5, 5.41) is 7.53. The van der Waals surface area contributed by atoms with Crippen LogP contribution >= 0.6 is 11.3 Å². The van der Waals surface area contributed by atoms with Crippen molar-refractivity contribution in [2.24, 2.45) is 0 Å². The van der Waals surface area contributed by atoms with Gasteiger partial charge in [-0.3, -0.25) is 0 Å². The van der Waals surface area contributed by atoms with Gasteiger partial charge in [-0.1, -0.05) is 176 Å². The van der Waals surface area contributed by atoms with Crippen LogP contribution in [0.5, 0.6) is 0 Å². The number of fused-ring (bicyclic) bond motifs is 5. The molecule has 0 aliphatic rings. The van der Waals surface area contributed by atoms with E-state index < -0.39 is 0 Å². The van der Waals surface area contributed by atoms with Gasteiger partial charge >= 0.3 is 0 Å². The zero-order valence-electron chi connectivity index (χ0n) is 28.4. The van der Waals surface area contributed by atoms with Crippen molar-refractivity contribution in [1.29, 1.82) is 0 Å². The number of thiophene rings is 1. The van der Waals surface area contributed by atoms with E-state index in [1.807, 2.05) is 11.3 Å². The molecule has 9 aromatic carbocycles. The number of para-hydroxylation sites is 2. The van der Waals surface area contributed by atoms with E-state index in [-0.39, 0.29) is 0 Å². The van der Waals surface area contributed by atoms with Crippen LogP contribution in [0.1, 0.15) is 0 Å². The van der Waals surface area contributed by atoms with Crippen molar-refractivity contribution < 1.29 is 0 Å². The molecule has 0 radical (unpaired) electrons. The van der Waals surface area contributed by atoms with Crippen molar-refractivity contribution in [3.05, 3.63) is 200 Å². The van der Waals surface area contributed by atoms with E-state index in [9.17, 15) is 0 Å². The Kier molecular flexibility index (Phi) is 7.41. The summed E-state index contributed by atoms with van der Waals surface area (Å²) in [6.07, 6.45) is 0. The van der Waals surface area contributed by atoms with Gasteiger partial charge in [0, 0.05) is 26.6 Å². The molecular weight excluding hydrogens is 647 g/mol. The maximum Gasteiger partial charge on any atom is 0.0640 e. The third kappa shape index (κ3) is 4.99. The van der Waals surface area contributed by atoms with Gasteiger partial charge in [-0.2, -0.15) is 0 Å². The minimum Gasteiger partial charge on any atom is -0.308 e. The summed E-state index contributed by atoms with van der Waals surface area (Å²) in [7, 11) is 0. The predicted molar refractivity (Wildman–Crippen MR) is 225 cm³/mol. The van der Waals surface area contributed by atoms with Gasteiger partial charge < -0.3 is 4.90 Å². The third-order valence-corrected chi connectivity index (χ3v) is 11.5. The van der Waals surface area contributed by atoms with Gasteiger partial charge in [0.2, 0.25) is 0 Å². The van der Waals surface area contributed by atoms with E-state index in [4.69, 9.17) is 0 Å². The van der Waals surface area contributed by atoms with E-state index in [1.54, 1.807) is 0 Å². The molecule has 10 rings (SSSR count). The Hall–Kier alpha value is -6.48. The van der Waals surface area contributed by atoms with Crippen LogP contribution in [0.4, 0.5) is 17.1 Å². The van der Waals surface area contributed by atoms with Crippen molar-refractivity contribution in [3.63, 3.8) is 0 Å². The second-order valence-corrected chi connectivity index (χ2v) is 14.3. The summed E-state index contributed by atoms with van der Waals surface area (Å²) in [4.78, 5) is 2.52. The lowest BCUT2D eigenvalue weighted by molar-refractivity contribution is 1.30. The van der Waals surface area contributed by atoms with Crippen molar-refractivity contribution >= 4 is 70.1 Å². The fourth-order valence-electron chi connectivity index (χ4n) is 7.97. The molecule has 0 N–H and O–H groups in total. The molecule has 0 atom stereocenters. The molecule has 10 aromatic rings. The predicted octanol–water partition coefficient (Wildman–Crippen LogP) is 14.8. The van der Waals surface area contributed by atoms with Crippen LogP contribution in [-0.4, -0.2) is 0 Å². The first-order valence-electron chi connectivity index (χ1n) is 17.8. The topological polar surface area (TPSA) is 3.24 Å². The number of hydrogen-bond acceptors (Lipinski definition) is 2. The van der Waals surface area contributed by atoms with Crippen molar-refractivity contribution in [2.45, 2.75) is 0 Å². The SMILES string of the molecule is c1ccc(-c2cccc3cccc(-c4ccccc4N(c4ccccc4-c4cccc5ccccc45)c4cccc5c4sc4ccccc45)c23)cc1. The van der Waals surface area contributed by atoms with E-state index in [1.165, 1.54) is 80.8 Å². The largest absolute Gasteiger partial charge is 0.308 e. The molecule has 0 amide bonds. The summed E-state index contributed by atoms with van der Waals surface area (Å²) in [6.45, 7) is 0. The summed E-state index contributed by atoms with van der Waals surface area (Å²) in [5.74, 6) is 0. The first-order chi connectivity index (χ1) is 25.8. The molecule has 0 saturated carbocycles. The van der Waals surface area contributed by atoms with E-state index in [0.29, 0.717) is 0 Å². The van der Waals surface area contributed by atoms with Gasteiger partial charge in [0.25, 0.3) is 0 Å². The molecule has 0 saturated heterocycles. The lowest BCUT2D eigenvalue weighted by Gasteiger charge is -2.31. The highest BCUT2D eigenvalue weighted by Crippen LogP contribution is 2.51. The minimum atomic E-state index is 1.13. The molecule has 2 heteroatoms. The number of benzene rings is 9. The van der Waals surface area contributed by atoms with Crippen LogP contribution in [0, 0.1) is 0 Å². The molecule has 0 aliphatic carbocycles. The standard InChI is InChI=1S/C50H33NS/c1-2-16-35(17-3-1)38-26-13-20-36-21-14-28-43(49(36)38)41-24-7-10-31-46(41)51(47-32-15-29-44-42-25-8-11-33-48(42)52-50(44)47)45-30-9-6-23-40(45)39-27-12-19-34-18-4-5-22-37(34)39/h1-33H. The molecular formula is C50H33NS. The smallest absolute Gasteiger partial charge is 0.0640 e. The number of hydrogen-bond donors (Lipinski definition) is 0. The zero-order valence-corrected chi connectivity index (χ0v) is 29.2. The average molecular weight is 680 g/mol. The Bertz CT molecular complexity index is 2910. The molecule has 0 spiro atoms. The molecule has 1 nitrogen and oxygen atoms in total. The fraction of sp³-hybridized carbons (Fsp3) is 0. The molecule has 1 aromatic heterocycles. The lowest BCUT2D eigenvalue weighted by atomic mass is 9.90. The molecule has 0 bridgehead atoms. The normalized spacial score (nSPS) is 11.5. The molecule has 244 valence electrons. The highest BCUT2D eigenvalue weighted by atomic mass is 32.1. The van der Waals surface area contributed by atoms with Gasteiger partial charge in [0.15, 0.2) is 0 Å². The average Bonchev–Trinajstić information content (AvgIpc) is 3.61. The Morgan fingerprint density at radius 2 is 0.808 bits per heavy atom. The fourth-order valence-corrected chi connectivity index (χ4v) is 9.18. The van der Waals surface area contributed by atoms with Gasteiger partial charge in [-0.05, 0) is 68.1 Å². The quantitative estimate of drug-likeness (QED) is 0.169. The summed E-state index contributed by atoms with van der Waals surface area (Å²) < 4.78 is 2.57. The summed E-state index contributed by atoms with van der Waals surface area (Å²) in [5.41, 5.74) is 10.7. The second-order valence-electron chi connectivity index (χ2n) is 13.2. The van der Waals surface area contributed by atoms with Crippen LogP contribution in [0.25, 0.3) is 75.1 Å². The summed E-state index contributed by atoms with van der Waals surface area (Å²) >= 11 is 1.87. The van der Waals surface area contributed by atoms with Crippen LogP contribution < -0.4 is 4.90 Å². The number of rotatable bonds is 6. The van der Waals surface area contributed by atoms with Gasteiger partial charge in [-0.25, -0.2) is 0 Å². The maximum atomic E-state index is 2.52. The first-order valence-corrected chi connectivity index (χ1v) is 18.6. The summed E-state index contributed by atoms with van der Waals surface area (Å²) in [6, 6.07) is 73.0. The highest BCUT2D eigenvalue weighted by Gasteiger charge is 2.24. The Morgan fingerprint density at radius 1 is 0.308 bits per heavy atom. The van der Waals surface area contributed by atoms with Gasteiger partial charge in [-0.15, -0.1) is 11.3 Å². The van der Waals surface area contributed by atoms with Crippen LogP contribution in [0.2, 0.25) is 0 Å². The molecule has 0 aliphatic heterocycles. The van der Waals surface area contributed by atoms with E-state index in [2.05, 4.69) is 205 Å². The van der Waals surface area contributed by atoms with Crippen molar-refractivity contribution in [2.75, 3.05) is 4.90 Å². The van der Waals surface area contributed by atoms with Gasteiger partial charge in [0.05, 0.1) is 21.8 Å². The lowest BCUT2D eigenvalue weighted by Crippen LogP contribution is -2.12. The second kappa shape index (κ2) is 12.7. The van der Waals surface area contributed by atoms with Crippen molar-refractivity contribution in [3.8, 4) is 33.4 Å². The number of nitrogens with zero attached hydrogens (tertiary/aromatic N) is 1. The monoisotopic (exact) mass is 679 g/mol. The molecule has 0 unspecified atom stereocenters. The third-order valence-electron chi connectivity index (χ3n) is 10.3. The zero-order chi connectivity index (χ0) is 34.4. The minimum absolute atomic E-state index is 1.13. The molecule has 0 fully saturated rings.